The van der Waals surface area contributed by atoms with Gasteiger partial charge in [-0.3, -0.25) is 4.79 Å². The predicted molar refractivity (Wildman–Crippen MR) is 141 cm³/mol. The van der Waals surface area contributed by atoms with Crippen LogP contribution in [-0.2, 0) is 17.6 Å². The molecule has 4 rings (SSSR count). The summed E-state index contributed by atoms with van der Waals surface area (Å²) < 4.78 is 5.97. The number of benzene rings is 2. The second-order valence-corrected chi connectivity index (χ2v) is 10.4. The number of carboxylic acid groups (broad SMARTS) is 1. The molecule has 0 radical (unpaired) electrons. The third kappa shape index (κ3) is 6.51. The van der Waals surface area contributed by atoms with E-state index in [-0.39, 0.29) is 18.6 Å². The molecule has 0 aliphatic rings. The van der Waals surface area contributed by atoms with Gasteiger partial charge in [-0.15, -0.1) is 11.3 Å². The van der Waals surface area contributed by atoms with Gasteiger partial charge in [0.2, 0.25) is 0 Å². The van der Waals surface area contributed by atoms with Crippen LogP contribution in [0.25, 0.3) is 21.3 Å². The Kier molecular flexibility index (Phi) is 7.90. The fourth-order valence-electron chi connectivity index (χ4n) is 4.28. The van der Waals surface area contributed by atoms with Crippen LogP contribution in [0, 0.1) is 0 Å². The van der Waals surface area contributed by atoms with Crippen molar-refractivity contribution < 1.29 is 19.7 Å². The number of carbonyl (C=O) groups is 1. The molecule has 2 aromatic carbocycles. The Morgan fingerprint density at radius 1 is 1.11 bits per heavy atom. The lowest BCUT2D eigenvalue weighted by Crippen LogP contribution is -2.46. The van der Waals surface area contributed by atoms with Crippen molar-refractivity contribution in [2.45, 2.75) is 44.8 Å². The Hall–Kier alpha value is -3.13. The second-order valence-electron chi connectivity index (χ2n) is 9.43. The first-order valence-electron chi connectivity index (χ1n) is 11.8. The zero-order valence-electron chi connectivity index (χ0n) is 20.1. The first kappa shape index (κ1) is 25.0. The van der Waals surface area contributed by atoms with E-state index in [1.807, 2.05) is 54.0 Å². The number of aliphatic hydroxyl groups excluding tert-OH is 1. The van der Waals surface area contributed by atoms with E-state index in [0.717, 1.165) is 44.6 Å². The summed E-state index contributed by atoms with van der Waals surface area (Å²) >= 11 is 1.66. The Morgan fingerprint density at radius 3 is 2.71 bits per heavy atom. The zero-order valence-corrected chi connectivity index (χ0v) is 20.9. The van der Waals surface area contributed by atoms with E-state index in [4.69, 9.17) is 9.84 Å². The molecule has 0 saturated carbocycles. The van der Waals surface area contributed by atoms with Crippen LogP contribution in [0.3, 0.4) is 0 Å². The summed E-state index contributed by atoms with van der Waals surface area (Å²) in [5.41, 5.74) is 3.94. The van der Waals surface area contributed by atoms with Gasteiger partial charge in [0.05, 0.1) is 0 Å². The number of hydrogen-bond acceptors (Lipinski definition) is 5. The van der Waals surface area contributed by atoms with Crippen molar-refractivity contribution in [1.29, 1.82) is 0 Å². The number of ether oxygens (including phenoxy) is 1. The maximum atomic E-state index is 11.0. The lowest BCUT2D eigenvalue weighted by molar-refractivity contribution is -0.136. The molecule has 0 aliphatic heterocycles. The molecule has 0 amide bonds. The lowest BCUT2D eigenvalue weighted by atomic mass is 9.93. The van der Waals surface area contributed by atoms with Crippen molar-refractivity contribution in [2.24, 2.45) is 0 Å². The van der Waals surface area contributed by atoms with Crippen LogP contribution >= 0.6 is 11.3 Å². The van der Waals surface area contributed by atoms with Gasteiger partial charge in [0.1, 0.15) is 18.5 Å². The van der Waals surface area contributed by atoms with Crippen LogP contribution in [-0.4, -0.2) is 46.0 Å². The topological polar surface area (TPSA) is 94.6 Å². The number of rotatable bonds is 12. The highest BCUT2D eigenvalue weighted by Gasteiger charge is 2.22. The number of hydrogen-bond donors (Lipinski definition) is 4. The van der Waals surface area contributed by atoms with Crippen molar-refractivity contribution in [2.75, 3.05) is 13.2 Å². The number of thiophene rings is 1. The first-order chi connectivity index (χ1) is 16.8. The van der Waals surface area contributed by atoms with Gasteiger partial charge in [-0.2, -0.15) is 0 Å². The highest BCUT2D eigenvalue weighted by atomic mass is 32.1. The summed E-state index contributed by atoms with van der Waals surface area (Å²) in [7, 11) is 0. The summed E-state index contributed by atoms with van der Waals surface area (Å²) in [6.45, 7) is 4.82. The molecule has 4 aromatic rings. The maximum absolute atomic E-state index is 11.0. The predicted octanol–water partition coefficient (Wildman–Crippen LogP) is 5.26. The Labute approximate surface area is 209 Å². The molecule has 7 heteroatoms. The van der Waals surface area contributed by atoms with E-state index >= 15 is 0 Å². The summed E-state index contributed by atoms with van der Waals surface area (Å²) in [6, 6.07) is 18.0. The van der Waals surface area contributed by atoms with Gasteiger partial charge in [-0.05, 0) is 61.4 Å². The minimum absolute atomic E-state index is 0.109. The third-order valence-electron chi connectivity index (χ3n) is 6.05. The molecule has 35 heavy (non-hydrogen) atoms. The number of aliphatic carboxylic acids is 1. The Morgan fingerprint density at radius 2 is 1.94 bits per heavy atom. The maximum Gasteiger partial charge on any atom is 0.303 e. The zero-order chi connectivity index (χ0) is 24.8. The highest BCUT2D eigenvalue weighted by molar-refractivity contribution is 7.13. The van der Waals surface area contributed by atoms with E-state index in [2.05, 4.69) is 36.3 Å². The fraction of sp³-hybridized carbons (Fsp3) is 0.321. The van der Waals surface area contributed by atoms with E-state index in [9.17, 15) is 9.90 Å². The molecule has 4 N–H and O–H groups in total. The first-order valence-corrected chi connectivity index (χ1v) is 12.7. The van der Waals surface area contributed by atoms with Crippen LogP contribution < -0.4 is 10.1 Å². The molecule has 184 valence electrons. The molecule has 2 aromatic heterocycles. The molecule has 0 saturated heterocycles. The molecular formula is C28H32N2O4S. The summed E-state index contributed by atoms with van der Waals surface area (Å²) in [5, 5.41) is 26.2. The number of aliphatic hydroxyl groups is 1. The molecule has 2 heterocycles. The van der Waals surface area contributed by atoms with Crippen molar-refractivity contribution in [1.82, 2.24) is 10.3 Å². The number of nitrogens with one attached hydrogen (secondary N) is 2. The van der Waals surface area contributed by atoms with Crippen LogP contribution in [0.5, 0.6) is 5.75 Å². The normalized spacial score (nSPS) is 12.7. The molecule has 0 fully saturated rings. The highest BCUT2D eigenvalue weighted by Crippen LogP contribution is 2.33. The van der Waals surface area contributed by atoms with E-state index < -0.39 is 12.1 Å². The van der Waals surface area contributed by atoms with Gasteiger partial charge in [0.15, 0.2) is 0 Å². The van der Waals surface area contributed by atoms with Gasteiger partial charge in [0.25, 0.3) is 0 Å². The minimum Gasteiger partial charge on any atom is -0.490 e. The van der Waals surface area contributed by atoms with Crippen LogP contribution in [0.15, 0.2) is 66.2 Å². The van der Waals surface area contributed by atoms with Gasteiger partial charge < -0.3 is 25.3 Å². The molecule has 6 nitrogen and oxygen atoms in total. The molecule has 0 spiro atoms. The van der Waals surface area contributed by atoms with E-state index in [1.54, 1.807) is 11.3 Å². The Balaban J connectivity index is 1.34. The molecule has 0 bridgehead atoms. The minimum atomic E-state index is -0.795. The van der Waals surface area contributed by atoms with Crippen molar-refractivity contribution >= 4 is 28.2 Å². The quantitative estimate of drug-likeness (QED) is 0.216. The largest absolute Gasteiger partial charge is 0.490 e. The summed E-state index contributed by atoms with van der Waals surface area (Å²) in [4.78, 5) is 15.5. The van der Waals surface area contributed by atoms with Gasteiger partial charge in [-0.1, -0.05) is 36.4 Å². The lowest BCUT2D eigenvalue weighted by Gasteiger charge is -2.28. The average molecular weight is 493 g/mol. The van der Waals surface area contributed by atoms with Gasteiger partial charge >= 0.3 is 5.97 Å². The molecule has 0 unspecified atom stereocenters. The van der Waals surface area contributed by atoms with Gasteiger partial charge in [0, 0.05) is 46.0 Å². The SMILES string of the molecule is CC(C)(Cc1c[nH]c2c(CCC(=O)O)cccc12)NC[C@H](O)COc1ccccc1-c1cccs1. The van der Waals surface area contributed by atoms with Crippen LogP contribution in [0.2, 0.25) is 0 Å². The summed E-state index contributed by atoms with van der Waals surface area (Å²) in [6.07, 6.45) is 2.70. The molecule has 1 atom stereocenters. The smallest absolute Gasteiger partial charge is 0.303 e. The van der Waals surface area contributed by atoms with Crippen LogP contribution in [0.4, 0.5) is 0 Å². The monoisotopic (exact) mass is 492 g/mol. The molecule has 0 aliphatic carbocycles. The number of aromatic amines is 1. The second kappa shape index (κ2) is 11.1. The van der Waals surface area contributed by atoms with Crippen LogP contribution in [0.1, 0.15) is 31.4 Å². The Bertz CT molecular complexity index is 1260. The number of H-pyrrole nitrogens is 1. The van der Waals surface area contributed by atoms with Crippen molar-refractivity contribution in [3.8, 4) is 16.2 Å². The van der Waals surface area contributed by atoms with E-state index in [0.29, 0.717) is 13.0 Å². The number of carboxylic acids is 1. The average Bonchev–Trinajstić information content (AvgIpc) is 3.51. The van der Waals surface area contributed by atoms with E-state index in [1.165, 1.54) is 0 Å². The third-order valence-corrected chi connectivity index (χ3v) is 6.95. The fourth-order valence-corrected chi connectivity index (χ4v) is 5.03. The van der Waals surface area contributed by atoms with Gasteiger partial charge in [-0.25, -0.2) is 0 Å². The number of aryl methyl sites for hydroxylation is 1. The summed E-state index contributed by atoms with van der Waals surface area (Å²) in [5.74, 6) is -0.0255. The number of fused-ring (bicyclic) bond motifs is 1. The standard InChI is InChI=1S/C28H32N2O4S/c1-28(2,15-20-16-29-27-19(12-13-26(32)33)7-5-9-22(20)27)30-17-21(31)18-34-24-10-4-3-8-23(24)25-11-6-14-35-25/h3-11,14,16,21,29-31H,12-13,15,17-18H2,1-2H3,(H,32,33)/t21-/m0/s1. The number of β-amino-alcohol motifs (C(OH)–C–C–N with tert-alkyl or cyclic N) is 1. The number of aromatic nitrogens is 1. The van der Waals surface area contributed by atoms with Crippen molar-refractivity contribution in [3.05, 3.63) is 77.3 Å². The number of para-hydroxylation sites is 2. The molecular weight excluding hydrogens is 460 g/mol. The van der Waals surface area contributed by atoms with Crippen molar-refractivity contribution in [3.63, 3.8) is 0 Å².